The van der Waals surface area contributed by atoms with Crippen molar-refractivity contribution in [3.8, 4) is 0 Å². The maximum atomic E-state index is 12.2. The number of aromatic nitrogens is 1. The Morgan fingerprint density at radius 3 is 2.79 bits per heavy atom. The number of carboxylic acids is 1. The van der Waals surface area contributed by atoms with Gasteiger partial charge in [-0.25, -0.2) is 0 Å². The molecule has 0 saturated heterocycles. The monoisotopic (exact) mass is 323 g/mol. The number of aromatic amines is 1. The van der Waals surface area contributed by atoms with Gasteiger partial charge in [-0.05, 0) is 18.1 Å². The maximum absolute atomic E-state index is 12.2. The minimum absolute atomic E-state index is 0.0135. The number of halogens is 1. The van der Waals surface area contributed by atoms with Gasteiger partial charge in [0.05, 0.1) is 0 Å². The number of carboxylic acid groups (broad SMARTS) is 1. The van der Waals surface area contributed by atoms with Crippen LogP contribution in [0.4, 0.5) is 0 Å². The van der Waals surface area contributed by atoms with E-state index in [9.17, 15) is 9.59 Å². The van der Waals surface area contributed by atoms with E-state index in [1.807, 2.05) is 18.2 Å². The van der Waals surface area contributed by atoms with Gasteiger partial charge in [0.2, 0.25) is 0 Å². The highest BCUT2D eigenvalue weighted by Crippen LogP contribution is 2.24. The molecule has 2 rings (SSSR count). The van der Waals surface area contributed by atoms with E-state index >= 15 is 0 Å². The molecule has 5 heteroatoms. The van der Waals surface area contributed by atoms with Gasteiger partial charge >= 0.3 is 5.97 Å². The summed E-state index contributed by atoms with van der Waals surface area (Å²) in [5.41, 5.74) is 1.52. The highest BCUT2D eigenvalue weighted by atomic mass is 79.9. The van der Waals surface area contributed by atoms with Crippen LogP contribution in [0.15, 0.2) is 28.9 Å². The third-order valence-electron chi connectivity index (χ3n) is 3.00. The zero-order valence-electron chi connectivity index (χ0n) is 10.4. The molecule has 1 atom stereocenters. The predicted molar refractivity (Wildman–Crippen MR) is 76.4 cm³/mol. The molecular formula is C14H14BrNO3. The Kier molecular flexibility index (Phi) is 4.04. The zero-order valence-corrected chi connectivity index (χ0v) is 12.0. The van der Waals surface area contributed by atoms with Crippen LogP contribution < -0.4 is 0 Å². The van der Waals surface area contributed by atoms with Crippen molar-refractivity contribution >= 4 is 38.6 Å². The maximum Gasteiger partial charge on any atom is 0.303 e. The molecule has 0 bridgehead atoms. The summed E-state index contributed by atoms with van der Waals surface area (Å²) < 4.78 is 0.945. The summed E-state index contributed by atoms with van der Waals surface area (Å²) in [6.45, 7) is 1.78. The van der Waals surface area contributed by atoms with Gasteiger partial charge in [-0.1, -0.05) is 28.9 Å². The highest BCUT2D eigenvalue weighted by Gasteiger charge is 2.17. The number of ketones is 1. The van der Waals surface area contributed by atoms with Gasteiger partial charge in [-0.3, -0.25) is 9.59 Å². The van der Waals surface area contributed by atoms with E-state index in [4.69, 9.17) is 5.11 Å². The van der Waals surface area contributed by atoms with E-state index in [-0.39, 0.29) is 24.5 Å². The lowest BCUT2D eigenvalue weighted by Crippen LogP contribution is -2.10. The van der Waals surface area contributed by atoms with Crippen molar-refractivity contribution in [3.05, 3.63) is 34.4 Å². The number of carbonyl (C=O) groups is 2. The van der Waals surface area contributed by atoms with Crippen LogP contribution in [0.3, 0.4) is 0 Å². The van der Waals surface area contributed by atoms with E-state index in [0.29, 0.717) is 5.56 Å². The number of rotatable bonds is 5. The third-order valence-corrected chi connectivity index (χ3v) is 3.49. The number of nitrogens with one attached hydrogen (secondary N) is 1. The van der Waals surface area contributed by atoms with Crippen molar-refractivity contribution in [2.45, 2.75) is 19.8 Å². The van der Waals surface area contributed by atoms with E-state index in [1.165, 1.54) is 0 Å². The van der Waals surface area contributed by atoms with Gasteiger partial charge in [-0.2, -0.15) is 0 Å². The quantitative estimate of drug-likeness (QED) is 0.825. The molecule has 0 fully saturated rings. The number of fused-ring (bicyclic) bond motifs is 1. The summed E-state index contributed by atoms with van der Waals surface area (Å²) in [6, 6.07) is 5.67. The normalized spacial score (nSPS) is 12.5. The van der Waals surface area contributed by atoms with Crippen molar-refractivity contribution in [1.82, 2.24) is 4.98 Å². The van der Waals surface area contributed by atoms with Crippen LogP contribution >= 0.6 is 15.9 Å². The summed E-state index contributed by atoms with van der Waals surface area (Å²) in [5, 5.41) is 9.58. The molecule has 0 aliphatic carbocycles. The van der Waals surface area contributed by atoms with E-state index < -0.39 is 5.97 Å². The van der Waals surface area contributed by atoms with Gasteiger partial charge < -0.3 is 10.1 Å². The van der Waals surface area contributed by atoms with Crippen LogP contribution in [0.1, 0.15) is 30.1 Å². The van der Waals surface area contributed by atoms with Crippen LogP contribution in [0.2, 0.25) is 0 Å². The summed E-state index contributed by atoms with van der Waals surface area (Å²) in [6.07, 6.45) is 1.95. The minimum Gasteiger partial charge on any atom is -0.481 e. The van der Waals surface area contributed by atoms with Crippen LogP contribution in [-0.4, -0.2) is 21.8 Å². The summed E-state index contributed by atoms with van der Waals surface area (Å²) in [7, 11) is 0. The van der Waals surface area contributed by atoms with E-state index in [2.05, 4.69) is 20.9 Å². The molecule has 0 aliphatic heterocycles. The second-order valence-electron chi connectivity index (χ2n) is 4.72. The molecule has 0 radical (unpaired) electrons. The Hall–Kier alpha value is -1.62. The average molecular weight is 324 g/mol. The van der Waals surface area contributed by atoms with Crippen LogP contribution in [-0.2, 0) is 4.79 Å². The molecular weight excluding hydrogens is 310 g/mol. The number of Topliss-reactive ketones (excluding diaryl/α,β-unsaturated/α-hetero) is 1. The fourth-order valence-electron chi connectivity index (χ4n) is 2.13. The fourth-order valence-corrected chi connectivity index (χ4v) is 2.49. The van der Waals surface area contributed by atoms with Gasteiger partial charge in [0.15, 0.2) is 5.78 Å². The smallest absolute Gasteiger partial charge is 0.303 e. The van der Waals surface area contributed by atoms with Gasteiger partial charge in [-0.15, -0.1) is 0 Å². The lowest BCUT2D eigenvalue weighted by Gasteiger charge is -2.06. The Bertz CT molecular complexity index is 633. The number of hydrogen-bond acceptors (Lipinski definition) is 2. The number of H-pyrrole nitrogens is 1. The topological polar surface area (TPSA) is 70.2 Å². The molecule has 100 valence electrons. The SMILES string of the molecule is CC(CC(=O)O)CC(=O)c1c[nH]c2cc(Br)ccc12. The minimum atomic E-state index is -0.872. The highest BCUT2D eigenvalue weighted by molar-refractivity contribution is 9.10. The molecule has 1 aromatic carbocycles. The van der Waals surface area contributed by atoms with Crippen molar-refractivity contribution in [3.63, 3.8) is 0 Å². The van der Waals surface area contributed by atoms with E-state index in [1.54, 1.807) is 13.1 Å². The molecule has 2 aromatic rings. The molecule has 19 heavy (non-hydrogen) atoms. The largest absolute Gasteiger partial charge is 0.481 e. The van der Waals surface area contributed by atoms with E-state index in [0.717, 1.165) is 15.4 Å². The molecule has 0 amide bonds. The van der Waals surface area contributed by atoms with Crippen LogP contribution in [0, 0.1) is 5.92 Å². The Balaban J connectivity index is 2.20. The lowest BCUT2D eigenvalue weighted by molar-refractivity contribution is -0.137. The van der Waals surface area contributed by atoms with Crippen molar-refractivity contribution in [1.29, 1.82) is 0 Å². The summed E-state index contributed by atoms with van der Waals surface area (Å²) in [4.78, 5) is 25.8. The first-order valence-electron chi connectivity index (χ1n) is 5.99. The first kappa shape index (κ1) is 13.8. The second-order valence-corrected chi connectivity index (χ2v) is 5.64. The van der Waals surface area contributed by atoms with Crippen LogP contribution in [0.5, 0.6) is 0 Å². The molecule has 1 aromatic heterocycles. The molecule has 1 heterocycles. The molecule has 1 unspecified atom stereocenters. The standard InChI is InChI=1S/C14H14BrNO3/c1-8(5-14(18)19)4-13(17)11-7-16-12-6-9(15)2-3-10(11)12/h2-3,6-8,16H,4-5H2,1H3,(H,18,19). The Morgan fingerprint density at radius 2 is 2.11 bits per heavy atom. The fraction of sp³-hybridized carbons (Fsp3) is 0.286. The molecule has 2 N–H and O–H groups in total. The molecule has 0 spiro atoms. The zero-order chi connectivity index (χ0) is 14.0. The summed E-state index contributed by atoms with van der Waals surface area (Å²) in [5.74, 6) is -1.06. The Morgan fingerprint density at radius 1 is 1.37 bits per heavy atom. The number of carbonyl (C=O) groups excluding carboxylic acids is 1. The number of benzene rings is 1. The van der Waals surface area contributed by atoms with Gasteiger partial charge in [0.1, 0.15) is 0 Å². The van der Waals surface area contributed by atoms with Crippen molar-refractivity contribution in [2.24, 2.45) is 5.92 Å². The second kappa shape index (κ2) is 5.57. The summed E-state index contributed by atoms with van der Waals surface area (Å²) >= 11 is 3.38. The van der Waals surface area contributed by atoms with Gasteiger partial charge in [0.25, 0.3) is 0 Å². The molecule has 0 saturated carbocycles. The number of hydrogen-bond donors (Lipinski definition) is 2. The number of aliphatic carboxylic acids is 1. The Labute approximate surface area is 118 Å². The first-order valence-corrected chi connectivity index (χ1v) is 6.78. The van der Waals surface area contributed by atoms with Crippen LogP contribution in [0.25, 0.3) is 10.9 Å². The molecule has 4 nitrogen and oxygen atoms in total. The first-order chi connectivity index (χ1) is 8.97. The average Bonchev–Trinajstić information content (AvgIpc) is 2.70. The van der Waals surface area contributed by atoms with Gasteiger partial charge in [0, 0.05) is 40.0 Å². The predicted octanol–water partition coefficient (Wildman–Crippen LogP) is 3.61. The van der Waals surface area contributed by atoms with Crippen molar-refractivity contribution < 1.29 is 14.7 Å². The third kappa shape index (κ3) is 3.23. The molecule has 0 aliphatic rings. The van der Waals surface area contributed by atoms with Crippen molar-refractivity contribution in [2.75, 3.05) is 0 Å². The lowest BCUT2D eigenvalue weighted by atomic mass is 9.97.